The van der Waals surface area contributed by atoms with Crippen LogP contribution < -0.4 is 10.2 Å². The van der Waals surface area contributed by atoms with E-state index in [1.54, 1.807) is 36.4 Å². The molecule has 13 heteroatoms. The Balaban J connectivity index is 1.42. The molecule has 4 rings (SSSR count). The predicted molar refractivity (Wildman–Crippen MR) is 177 cm³/mol. The monoisotopic (exact) mass is 700 g/mol. The number of aromatic hydroxyl groups is 1. The van der Waals surface area contributed by atoms with Crippen molar-refractivity contribution in [1.29, 1.82) is 0 Å². The number of fused-ring (bicyclic) bond motifs is 1. The van der Waals surface area contributed by atoms with E-state index in [-0.39, 0.29) is 33.8 Å². The molecule has 0 radical (unpaired) electrons. The first kappa shape index (κ1) is 37.1. The van der Waals surface area contributed by atoms with Crippen molar-refractivity contribution in [2.24, 2.45) is 0 Å². The van der Waals surface area contributed by atoms with Crippen LogP contribution in [0.5, 0.6) is 11.5 Å². The number of unbranched alkanes of at least 4 members (excludes halogenated alkanes) is 2. The van der Waals surface area contributed by atoms with Crippen LogP contribution in [0.15, 0.2) is 91.6 Å². The SMILES string of the molecule is CCCc1c(OCCCC/C=C\C=C\[C@H](Sc2ccc3c(=O)cc(C(=O)O)oc3c2)[C@H](O)c2cc(C(F)(F)F)co2)ccc(C(C)=O)c1O. The van der Waals surface area contributed by atoms with Gasteiger partial charge in [-0.05, 0) is 69.0 Å². The zero-order chi connectivity index (χ0) is 35.7. The predicted octanol–water partition coefficient (Wildman–Crippen LogP) is 8.52. The lowest BCUT2D eigenvalue weighted by Crippen LogP contribution is -2.12. The maximum Gasteiger partial charge on any atom is 0.419 e. The molecule has 0 amide bonds. The maximum absolute atomic E-state index is 13.2. The van der Waals surface area contributed by atoms with Gasteiger partial charge in [-0.25, -0.2) is 4.79 Å². The largest absolute Gasteiger partial charge is 0.507 e. The number of aliphatic hydroxyl groups excluding tert-OH is 1. The normalized spacial score (nSPS) is 13.3. The number of benzene rings is 2. The van der Waals surface area contributed by atoms with Gasteiger partial charge in [0.05, 0.1) is 28.4 Å². The van der Waals surface area contributed by atoms with Crippen molar-refractivity contribution in [1.82, 2.24) is 0 Å². The summed E-state index contributed by atoms with van der Waals surface area (Å²) in [5.74, 6) is -2.00. The van der Waals surface area contributed by atoms with Crippen LogP contribution in [-0.2, 0) is 12.6 Å². The lowest BCUT2D eigenvalue weighted by molar-refractivity contribution is -0.137. The minimum Gasteiger partial charge on any atom is -0.507 e. The number of carbonyl (C=O) groups excluding carboxylic acids is 1. The quantitative estimate of drug-likeness (QED) is 0.0450. The van der Waals surface area contributed by atoms with Crippen molar-refractivity contribution in [2.45, 2.75) is 68.4 Å². The van der Waals surface area contributed by atoms with E-state index in [0.29, 0.717) is 48.3 Å². The molecule has 0 unspecified atom stereocenters. The Labute approximate surface area is 283 Å². The van der Waals surface area contributed by atoms with Crippen molar-refractivity contribution in [3.8, 4) is 11.5 Å². The molecule has 4 aromatic rings. The van der Waals surface area contributed by atoms with E-state index in [1.165, 1.54) is 19.1 Å². The van der Waals surface area contributed by atoms with Crippen molar-refractivity contribution < 1.29 is 51.7 Å². The lowest BCUT2D eigenvalue weighted by Gasteiger charge is -2.18. The minimum atomic E-state index is -4.66. The number of Topliss-reactive ketones (excluding diaryl/α,β-unsaturated/α-hetero) is 1. The molecule has 0 saturated carbocycles. The van der Waals surface area contributed by atoms with Crippen LogP contribution in [0.2, 0.25) is 0 Å². The summed E-state index contributed by atoms with van der Waals surface area (Å²) >= 11 is 1.05. The van der Waals surface area contributed by atoms with Gasteiger partial charge in [-0.3, -0.25) is 9.59 Å². The van der Waals surface area contributed by atoms with E-state index in [1.807, 2.05) is 13.0 Å². The fraction of sp³-hybridized carbons (Fsp3) is 0.306. The number of allylic oxidation sites excluding steroid dienone is 3. The van der Waals surface area contributed by atoms with E-state index in [4.69, 9.17) is 13.6 Å². The molecule has 2 aromatic carbocycles. The highest BCUT2D eigenvalue weighted by Crippen LogP contribution is 2.38. The summed E-state index contributed by atoms with van der Waals surface area (Å²) in [5.41, 5.74) is -0.727. The molecule has 0 bridgehead atoms. The van der Waals surface area contributed by atoms with Gasteiger partial charge in [0.2, 0.25) is 5.76 Å². The molecule has 0 aliphatic rings. The number of thioether (sulfide) groups is 1. The molecule has 2 aromatic heterocycles. The summed E-state index contributed by atoms with van der Waals surface area (Å²) in [4.78, 5) is 35.9. The summed E-state index contributed by atoms with van der Waals surface area (Å²) in [7, 11) is 0. The molecule has 49 heavy (non-hydrogen) atoms. The molecule has 0 aliphatic heterocycles. The highest BCUT2D eigenvalue weighted by molar-refractivity contribution is 8.00. The van der Waals surface area contributed by atoms with E-state index in [2.05, 4.69) is 0 Å². The topological polar surface area (TPSA) is 147 Å². The minimum absolute atomic E-state index is 0.000171. The van der Waals surface area contributed by atoms with Gasteiger partial charge in [0.15, 0.2) is 11.2 Å². The van der Waals surface area contributed by atoms with E-state index >= 15 is 0 Å². The van der Waals surface area contributed by atoms with Crippen molar-refractivity contribution >= 4 is 34.5 Å². The Kier molecular flexibility index (Phi) is 12.5. The van der Waals surface area contributed by atoms with Crippen molar-refractivity contribution in [3.63, 3.8) is 0 Å². The van der Waals surface area contributed by atoms with Crippen LogP contribution in [0.25, 0.3) is 11.0 Å². The van der Waals surface area contributed by atoms with Gasteiger partial charge in [0, 0.05) is 16.5 Å². The Bertz CT molecular complexity index is 1910. The zero-order valence-electron chi connectivity index (χ0n) is 26.7. The number of carboxylic acid groups (broad SMARTS) is 1. The number of rotatable bonds is 16. The highest BCUT2D eigenvalue weighted by Gasteiger charge is 2.34. The molecule has 0 spiro atoms. The summed E-state index contributed by atoms with van der Waals surface area (Å²) in [6, 6.07) is 9.27. The Morgan fingerprint density at radius 2 is 1.86 bits per heavy atom. The lowest BCUT2D eigenvalue weighted by atomic mass is 10.0. The number of furan rings is 1. The van der Waals surface area contributed by atoms with Crippen LogP contribution in [0.4, 0.5) is 13.2 Å². The maximum atomic E-state index is 13.2. The van der Waals surface area contributed by atoms with E-state index in [9.17, 15) is 42.9 Å². The second kappa shape index (κ2) is 16.6. The van der Waals surface area contributed by atoms with Crippen LogP contribution in [0.1, 0.15) is 83.4 Å². The average Bonchev–Trinajstić information content (AvgIpc) is 3.56. The van der Waals surface area contributed by atoms with Crippen molar-refractivity contribution in [2.75, 3.05) is 6.61 Å². The van der Waals surface area contributed by atoms with Crippen LogP contribution in [0.3, 0.4) is 0 Å². The molecular formula is C36H35F3O9S. The molecule has 9 nitrogen and oxygen atoms in total. The van der Waals surface area contributed by atoms with Gasteiger partial charge < -0.3 is 28.9 Å². The number of hydrogen-bond donors (Lipinski definition) is 3. The molecule has 0 saturated heterocycles. The number of ketones is 1. The van der Waals surface area contributed by atoms with Crippen LogP contribution in [-0.4, -0.2) is 38.9 Å². The second-order valence-corrected chi connectivity index (χ2v) is 12.4. The number of aliphatic hydroxyl groups is 1. The van der Waals surface area contributed by atoms with E-state index < -0.39 is 40.3 Å². The summed E-state index contributed by atoms with van der Waals surface area (Å²) < 4.78 is 55.9. The first-order valence-electron chi connectivity index (χ1n) is 15.4. The molecular weight excluding hydrogens is 665 g/mol. The number of phenolic OH excluding ortho intramolecular Hbond substituents is 1. The molecule has 3 N–H and O–H groups in total. The van der Waals surface area contributed by atoms with Crippen LogP contribution in [0, 0.1) is 0 Å². The molecule has 0 aliphatic carbocycles. The van der Waals surface area contributed by atoms with Crippen molar-refractivity contribution in [3.05, 3.63) is 111 Å². The fourth-order valence-electron chi connectivity index (χ4n) is 4.92. The summed E-state index contributed by atoms with van der Waals surface area (Å²) in [6.07, 6.45) is 4.69. The van der Waals surface area contributed by atoms with Gasteiger partial charge in [-0.1, -0.05) is 37.6 Å². The fourth-order valence-corrected chi connectivity index (χ4v) is 5.99. The third kappa shape index (κ3) is 9.67. The molecule has 2 heterocycles. The molecule has 0 fully saturated rings. The number of phenols is 1. The van der Waals surface area contributed by atoms with Gasteiger partial charge in [-0.15, -0.1) is 11.8 Å². The first-order valence-corrected chi connectivity index (χ1v) is 16.3. The Morgan fingerprint density at radius 1 is 1.08 bits per heavy atom. The smallest absolute Gasteiger partial charge is 0.419 e. The van der Waals surface area contributed by atoms with Gasteiger partial charge >= 0.3 is 12.1 Å². The zero-order valence-corrected chi connectivity index (χ0v) is 27.5. The number of ether oxygens (including phenoxy) is 1. The third-order valence-corrected chi connectivity index (χ3v) is 8.64. The van der Waals surface area contributed by atoms with Gasteiger partial charge in [-0.2, -0.15) is 13.2 Å². The number of carboxylic acids is 1. The Morgan fingerprint density at radius 3 is 2.53 bits per heavy atom. The summed E-state index contributed by atoms with van der Waals surface area (Å²) in [5, 5.41) is 30.1. The summed E-state index contributed by atoms with van der Waals surface area (Å²) in [6.45, 7) is 3.76. The number of halogens is 3. The van der Waals surface area contributed by atoms with E-state index in [0.717, 1.165) is 36.7 Å². The third-order valence-electron chi connectivity index (χ3n) is 7.42. The average molecular weight is 701 g/mol. The molecule has 2 atom stereocenters. The second-order valence-electron chi connectivity index (χ2n) is 11.1. The standard InChI is InChI=1S/C36H35F3O9S/c1-3-10-26-28(15-14-24(21(2)40)33(26)42)46-16-9-7-5-4-6-8-11-32(34(43)30-17-22(20-47-30)36(37,38)39)49-23-12-13-25-27(41)19-31(35(44)45)48-29(25)18-23/h4,6,8,11-15,17-20,32,34,42-43H,3,5,7,9-10,16H2,1-2H3,(H,44,45)/b6-4-,11-8+/t32-,34+/m0/s1. The number of hydrogen-bond acceptors (Lipinski definition) is 9. The van der Waals surface area contributed by atoms with Crippen LogP contribution >= 0.6 is 11.8 Å². The number of alkyl halides is 3. The first-order chi connectivity index (χ1) is 23.3. The van der Waals surface area contributed by atoms with Gasteiger partial charge in [0.25, 0.3) is 0 Å². The number of aromatic carboxylic acids is 1. The Hall–Kier alpha value is -4.75. The number of carbonyl (C=O) groups is 2. The molecule has 260 valence electrons. The highest BCUT2D eigenvalue weighted by atomic mass is 32.2. The van der Waals surface area contributed by atoms with Gasteiger partial charge in [0.1, 0.15) is 35.2 Å².